The van der Waals surface area contributed by atoms with Gasteiger partial charge in [-0.15, -0.1) is 11.3 Å². The fraction of sp³-hybridized carbons (Fsp3) is 0.632. The van der Waals surface area contributed by atoms with Gasteiger partial charge in [0.2, 0.25) is 0 Å². The topological polar surface area (TPSA) is 53.8 Å². The maximum Gasteiger partial charge on any atom is 0.264 e. The molecule has 0 aromatic carbocycles. The van der Waals surface area contributed by atoms with Crippen molar-refractivity contribution in [3.63, 3.8) is 0 Å². The van der Waals surface area contributed by atoms with E-state index < -0.39 is 0 Å². The van der Waals surface area contributed by atoms with E-state index in [4.69, 9.17) is 4.98 Å². The summed E-state index contributed by atoms with van der Waals surface area (Å²) < 4.78 is 0. The first-order valence-electron chi connectivity index (χ1n) is 9.68. The zero-order chi connectivity index (χ0) is 18.3. The third-order valence-corrected chi connectivity index (χ3v) is 6.81. The number of likely N-dealkylation sites (N-methyl/N-ethyl adjacent to an activating group) is 1. The Morgan fingerprint density at radius 3 is 2.42 bits per heavy atom. The number of piperazine rings is 1. The van der Waals surface area contributed by atoms with Crippen molar-refractivity contribution in [3.05, 3.63) is 16.3 Å². The van der Waals surface area contributed by atoms with Gasteiger partial charge in [-0.2, -0.15) is 0 Å². The van der Waals surface area contributed by atoms with E-state index in [-0.39, 0.29) is 5.91 Å². The van der Waals surface area contributed by atoms with Gasteiger partial charge in [-0.1, -0.05) is 0 Å². The Kier molecular flexibility index (Phi) is 4.84. The number of carbonyl (C=O) groups excluding carboxylic acids is 1. The molecule has 4 rings (SSSR count). The molecule has 0 aliphatic carbocycles. The van der Waals surface area contributed by atoms with Crippen LogP contribution in [0.15, 0.2) is 0 Å². The number of fused-ring (bicyclic) bond motifs is 1. The number of hydrogen-bond donors (Lipinski definition) is 1. The molecular formula is C19H28N5OS+. The van der Waals surface area contributed by atoms with Gasteiger partial charge in [0.05, 0.1) is 43.5 Å². The number of piperidine rings is 1. The lowest BCUT2D eigenvalue weighted by molar-refractivity contribution is -0.883. The van der Waals surface area contributed by atoms with Gasteiger partial charge in [0.15, 0.2) is 0 Å². The highest BCUT2D eigenvalue weighted by Crippen LogP contribution is 2.36. The van der Waals surface area contributed by atoms with Crippen molar-refractivity contribution in [2.75, 3.05) is 51.2 Å². The van der Waals surface area contributed by atoms with Crippen molar-refractivity contribution in [1.82, 2.24) is 14.9 Å². The highest BCUT2D eigenvalue weighted by Gasteiger charge is 2.28. The van der Waals surface area contributed by atoms with Crippen molar-refractivity contribution >= 4 is 33.3 Å². The van der Waals surface area contributed by atoms with E-state index in [0.717, 1.165) is 71.6 Å². The predicted molar refractivity (Wildman–Crippen MR) is 105 cm³/mol. The SMILES string of the molecule is Cc1nc(N2CCCCC2)c2c(C)c(C(=O)N3CC[NH+](C)CC3)sc2n1. The summed E-state index contributed by atoms with van der Waals surface area (Å²) in [6.07, 6.45) is 3.72. The van der Waals surface area contributed by atoms with Gasteiger partial charge in [-0.05, 0) is 38.7 Å². The molecule has 0 unspecified atom stereocenters. The van der Waals surface area contributed by atoms with Gasteiger partial charge < -0.3 is 14.7 Å². The molecular weight excluding hydrogens is 346 g/mol. The summed E-state index contributed by atoms with van der Waals surface area (Å²) in [6.45, 7) is 9.83. The second-order valence-corrected chi connectivity index (χ2v) is 8.63. The number of carbonyl (C=O) groups is 1. The molecule has 2 aliphatic rings. The minimum absolute atomic E-state index is 0.167. The molecule has 26 heavy (non-hydrogen) atoms. The Bertz CT molecular complexity index is 819. The van der Waals surface area contributed by atoms with E-state index in [1.807, 2.05) is 11.8 Å². The van der Waals surface area contributed by atoms with Crippen molar-refractivity contribution in [1.29, 1.82) is 0 Å². The summed E-state index contributed by atoms with van der Waals surface area (Å²) in [5, 5.41) is 1.09. The van der Waals surface area contributed by atoms with E-state index in [1.165, 1.54) is 24.2 Å². The third kappa shape index (κ3) is 3.18. The van der Waals surface area contributed by atoms with Gasteiger partial charge in [-0.25, -0.2) is 9.97 Å². The van der Waals surface area contributed by atoms with Gasteiger partial charge in [0.1, 0.15) is 16.5 Å². The molecule has 2 aromatic rings. The molecule has 140 valence electrons. The fourth-order valence-electron chi connectivity index (χ4n) is 4.00. The third-order valence-electron chi connectivity index (χ3n) is 5.64. The Hall–Kier alpha value is -1.73. The molecule has 0 atom stereocenters. The molecule has 2 fully saturated rings. The van der Waals surface area contributed by atoms with Crippen molar-refractivity contribution in [3.8, 4) is 0 Å². The lowest BCUT2D eigenvalue weighted by atomic mass is 10.1. The second-order valence-electron chi connectivity index (χ2n) is 7.63. The summed E-state index contributed by atoms with van der Waals surface area (Å²) in [4.78, 5) is 30.3. The average Bonchev–Trinajstić information content (AvgIpc) is 2.98. The lowest BCUT2D eigenvalue weighted by Crippen LogP contribution is -3.12. The molecule has 2 aliphatic heterocycles. The highest BCUT2D eigenvalue weighted by atomic mass is 32.1. The largest absolute Gasteiger partial charge is 0.356 e. The number of aromatic nitrogens is 2. The molecule has 1 N–H and O–H groups in total. The molecule has 0 radical (unpaired) electrons. The molecule has 7 heteroatoms. The number of rotatable bonds is 2. The minimum atomic E-state index is 0.167. The van der Waals surface area contributed by atoms with Crippen LogP contribution in [0.4, 0.5) is 5.82 Å². The summed E-state index contributed by atoms with van der Waals surface area (Å²) in [7, 11) is 2.19. The van der Waals surface area contributed by atoms with E-state index in [9.17, 15) is 4.79 Å². The minimum Gasteiger partial charge on any atom is -0.356 e. The second kappa shape index (κ2) is 7.12. The van der Waals surface area contributed by atoms with Crippen LogP contribution in [0.25, 0.3) is 10.2 Å². The summed E-state index contributed by atoms with van der Waals surface area (Å²) in [5.74, 6) is 1.99. The van der Waals surface area contributed by atoms with Crippen LogP contribution < -0.4 is 9.80 Å². The number of anilines is 1. The smallest absolute Gasteiger partial charge is 0.264 e. The van der Waals surface area contributed by atoms with Crippen LogP contribution in [0.2, 0.25) is 0 Å². The Labute approximate surface area is 158 Å². The number of quaternary nitrogens is 1. The molecule has 0 spiro atoms. The van der Waals surface area contributed by atoms with Crippen molar-refractivity contribution < 1.29 is 9.69 Å². The number of thiophene rings is 1. The standard InChI is InChI=1S/C19H27N5OS/c1-13-15-17(23-7-5-4-6-8-23)20-14(2)21-18(15)26-16(13)19(25)24-11-9-22(3)10-12-24/h4-12H2,1-3H3/p+1. The quantitative estimate of drug-likeness (QED) is 0.860. The Morgan fingerprint density at radius 2 is 1.73 bits per heavy atom. The highest BCUT2D eigenvalue weighted by molar-refractivity contribution is 7.20. The van der Waals surface area contributed by atoms with Crippen LogP contribution >= 0.6 is 11.3 Å². The molecule has 2 aromatic heterocycles. The van der Waals surface area contributed by atoms with Gasteiger partial charge in [-0.3, -0.25) is 4.79 Å². The number of hydrogen-bond acceptors (Lipinski definition) is 5. The normalized spacial score (nSPS) is 19.3. The van der Waals surface area contributed by atoms with E-state index in [1.54, 1.807) is 11.3 Å². The first kappa shape index (κ1) is 17.7. The van der Waals surface area contributed by atoms with E-state index >= 15 is 0 Å². The summed E-state index contributed by atoms with van der Waals surface area (Å²) in [5.41, 5.74) is 1.06. The fourth-order valence-corrected chi connectivity index (χ4v) is 5.18. The molecule has 6 nitrogen and oxygen atoms in total. The maximum absolute atomic E-state index is 13.1. The van der Waals surface area contributed by atoms with E-state index in [0.29, 0.717) is 0 Å². The number of aryl methyl sites for hydroxylation is 2. The number of nitrogens with zero attached hydrogens (tertiary/aromatic N) is 4. The molecule has 1 amide bonds. The Balaban J connectivity index is 1.73. The maximum atomic E-state index is 13.1. The van der Waals surface area contributed by atoms with E-state index in [2.05, 4.69) is 23.9 Å². The van der Waals surface area contributed by atoms with Gasteiger partial charge in [0, 0.05) is 13.1 Å². The average molecular weight is 375 g/mol. The van der Waals surface area contributed by atoms with Crippen LogP contribution in [-0.2, 0) is 0 Å². The van der Waals surface area contributed by atoms with Crippen molar-refractivity contribution in [2.45, 2.75) is 33.1 Å². The van der Waals surface area contributed by atoms with Gasteiger partial charge >= 0.3 is 0 Å². The zero-order valence-corrected chi connectivity index (χ0v) is 16.8. The molecule has 2 saturated heterocycles. The molecule has 0 saturated carbocycles. The first-order chi connectivity index (χ1) is 12.5. The number of nitrogens with one attached hydrogen (secondary N) is 1. The van der Waals surface area contributed by atoms with Crippen LogP contribution in [0.5, 0.6) is 0 Å². The summed E-state index contributed by atoms with van der Waals surface area (Å²) in [6, 6.07) is 0. The first-order valence-corrected chi connectivity index (χ1v) is 10.5. The molecule has 0 bridgehead atoms. The lowest BCUT2D eigenvalue weighted by Gasteiger charge is -2.30. The number of amides is 1. The van der Waals surface area contributed by atoms with Crippen LogP contribution in [-0.4, -0.2) is 67.1 Å². The molecule has 4 heterocycles. The van der Waals surface area contributed by atoms with Crippen LogP contribution in [0, 0.1) is 13.8 Å². The summed E-state index contributed by atoms with van der Waals surface area (Å²) >= 11 is 1.54. The van der Waals surface area contributed by atoms with Crippen molar-refractivity contribution in [2.24, 2.45) is 0 Å². The Morgan fingerprint density at radius 1 is 1.04 bits per heavy atom. The van der Waals surface area contributed by atoms with Crippen LogP contribution in [0.1, 0.15) is 40.3 Å². The van der Waals surface area contributed by atoms with Gasteiger partial charge in [0.25, 0.3) is 5.91 Å². The predicted octanol–water partition coefficient (Wildman–Crippen LogP) is 1.27. The monoisotopic (exact) mass is 374 g/mol. The zero-order valence-electron chi connectivity index (χ0n) is 16.0. The van der Waals surface area contributed by atoms with Crippen LogP contribution in [0.3, 0.4) is 0 Å².